The molecule has 1 amide bonds. The average Bonchev–Trinajstić information content (AvgIpc) is 2.85. The molecule has 0 radical (unpaired) electrons. The maximum atomic E-state index is 12.3. The standard InChI is InChI=1S/C16H21N3OS/c1-5-14(15(20)19-16-17-12(4)9-21-16)18-13-7-6-10(2)11(3)8-13/h6-9,14,18H,5H2,1-4H3,(H,17,19,20)/t14-/m0/s1. The monoisotopic (exact) mass is 303 g/mol. The number of thiazole rings is 1. The third kappa shape index (κ3) is 4.04. The van der Waals surface area contributed by atoms with E-state index in [9.17, 15) is 4.79 Å². The van der Waals surface area contributed by atoms with Crippen molar-refractivity contribution in [2.24, 2.45) is 0 Å². The first-order valence-electron chi connectivity index (χ1n) is 7.06. The van der Waals surface area contributed by atoms with Crippen LogP contribution in [0.4, 0.5) is 10.8 Å². The molecule has 0 fully saturated rings. The van der Waals surface area contributed by atoms with Crippen LogP contribution in [0.5, 0.6) is 0 Å². The molecule has 4 nitrogen and oxygen atoms in total. The Balaban J connectivity index is 2.04. The van der Waals surface area contributed by atoms with Gasteiger partial charge in [-0.2, -0.15) is 0 Å². The van der Waals surface area contributed by atoms with E-state index in [0.29, 0.717) is 11.6 Å². The van der Waals surface area contributed by atoms with Gasteiger partial charge < -0.3 is 10.6 Å². The van der Waals surface area contributed by atoms with Crippen molar-refractivity contribution < 1.29 is 4.79 Å². The number of nitrogens with one attached hydrogen (secondary N) is 2. The number of hydrogen-bond acceptors (Lipinski definition) is 4. The molecule has 0 saturated carbocycles. The molecule has 1 atom stereocenters. The Morgan fingerprint density at radius 2 is 2.05 bits per heavy atom. The molecule has 0 aliphatic carbocycles. The predicted octanol–water partition coefficient (Wildman–Crippen LogP) is 3.90. The van der Waals surface area contributed by atoms with Crippen molar-refractivity contribution in [1.82, 2.24) is 4.98 Å². The van der Waals surface area contributed by atoms with Crippen molar-refractivity contribution in [3.05, 3.63) is 40.4 Å². The van der Waals surface area contributed by atoms with Gasteiger partial charge in [-0.15, -0.1) is 11.3 Å². The minimum Gasteiger partial charge on any atom is -0.374 e. The van der Waals surface area contributed by atoms with Crippen LogP contribution < -0.4 is 10.6 Å². The van der Waals surface area contributed by atoms with Crippen molar-refractivity contribution in [1.29, 1.82) is 0 Å². The lowest BCUT2D eigenvalue weighted by molar-refractivity contribution is -0.116. The molecule has 0 aliphatic heterocycles. The first kappa shape index (κ1) is 15.5. The molecule has 2 aromatic rings. The van der Waals surface area contributed by atoms with Gasteiger partial charge in [-0.25, -0.2) is 4.98 Å². The fraction of sp³-hybridized carbons (Fsp3) is 0.375. The predicted molar refractivity (Wildman–Crippen MR) is 89.1 cm³/mol. The van der Waals surface area contributed by atoms with Crippen LogP contribution in [0, 0.1) is 20.8 Å². The maximum absolute atomic E-state index is 12.3. The van der Waals surface area contributed by atoms with E-state index in [1.165, 1.54) is 22.5 Å². The fourth-order valence-electron chi connectivity index (χ4n) is 1.99. The summed E-state index contributed by atoms with van der Waals surface area (Å²) in [6.07, 6.45) is 0.711. The summed E-state index contributed by atoms with van der Waals surface area (Å²) in [5, 5.41) is 8.73. The van der Waals surface area contributed by atoms with E-state index in [4.69, 9.17) is 0 Å². The highest BCUT2D eigenvalue weighted by molar-refractivity contribution is 7.13. The quantitative estimate of drug-likeness (QED) is 0.881. The maximum Gasteiger partial charge on any atom is 0.248 e. The zero-order valence-corrected chi connectivity index (χ0v) is 13.7. The van der Waals surface area contributed by atoms with Crippen molar-refractivity contribution in [2.45, 2.75) is 40.2 Å². The highest BCUT2D eigenvalue weighted by atomic mass is 32.1. The van der Waals surface area contributed by atoms with E-state index in [2.05, 4.69) is 41.6 Å². The largest absolute Gasteiger partial charge is 0.374 e. The molecule has 1 heterocycles. The lowest BCUT2D eigenvalue weighted by atomic mass is 10.1. The molecule has 5 heteroatoms. The number of carbonyl (C=O) groups excluding carboxylic acids is 1. The first-order valence-corrected chi connectivity index (χ1v) is 7.94. The third-order valence-corrected chi connectivity index (χ3v) is 4.30. The van der Waals surface area contributed by atoms with Crippen LogP contribution in [-0.4, -0.2) is 16.9 Å². The molecule has 21 heavy (non-hydrogen) atoms. The summed E-state index contributed by atoms with van der Waals surface area (Å²) in [5.41, 5.74) is 4.35. The summed E-state index contributed by atoms with van der Waals surface area (Å²) in [4.78, 5) is 16.6. The molecular weight excluding hydrogens is 282 g/mol. The van der Waals surface area contributed by atoms with Gasteiger partial charge in [0.25, 0.3) is 0 Å². The molecular formula is C16H21N3OS. The van der Waals surface area contributed by atoms with E-state index in [-0.39, 0.29) is 11.9 Å². The van der Waals surface area contributed by atoms with Gasteiger partial charge in [0.15, 0.2) is 5.13 Å². The van der Waals surface area contributed by atoms with Crippen molar-refractivity contribution >= 4 is 28.1 Å². The van der Waals surface area contributed by atoms with Crippen LogP contribution in [0.3, 0.4) is 0 Å². The first-order chi connectivity index (χ1) is 9.99. The number of anilines is 2. The smallest absolute Gasteiger partial charge is 0.248 e. The SMILES string of the molecule is CC[C@H](Nc1ccc(C)c(C)c1)C(=O)Nc1nc(C)cs1. The van der Waals surface area contributed by atoms with Crippen molar-refractivity contribution in [2.75, 3.05) is 10.6 Å². The van der Waals surface area contributed by atoms with Crippen molar-refractivity contribution in [3.8, 4) is 0 Å². The van der Waals surface area contributed by atoms with Crippen LogP contribution in [0.2, 0.25) is 0 Å². The summed E-state index contributed by atoms with van der Waals surface area (Å²) < 4.78 is 0. The number of rotatable bonds is 5. The number of carbonyl (C=O) groups is 1. The van der Waals surface area contributed by atoms with Crippen LogP contribution in [0.1, 0.15) is 30.2 Å². The van der Waals surface area contributed by atoms with Crippen LogP contribution in [-0.2, 0) is 4.79 Å². The summed E-state index contributed by atoms with van der Waals surface area (Å²) in [5.74, 6) is -0.0509. The molecule has 2 N–H and O–H groups in total. The van der Waals surface area contributed by atoms with E-state index < -0.39 is 0 Å². The molecule has 0 spiro atoms. The Morgan fingerprint density at radius 1 is 1.29 bits per heavy atom. The Bertz CT molecular complexity index is 636. The lowest BCUT2D eigenvalue weighted by Gasteiger charge is -2.18. The molecule has 0 aliphatic rings. The van der Waals surface area contributed by atoms with Crippen LogP contribution in [0.25, 0.3) is 0 Å². The molecule has 0 saturated heterocycles. The number of aryl methyl sites for hydroxylation is 3. The second-order valence-corrected chi connectivity index (χ2v) is 6.05. The highest BCUT2D eigenvalue weighted by Gasteiger charge is 2.17. The molecule has 0 unspecified atom stereocenters. The second-order valence-electron chi connectivity index (χ2n) is 5.19. The van der Waals surface area contributed by atoms with Crippen LogP contribution >= 0.6 is 11.3 Å². The minimum absolute atomic E-state index is 0.0509. The van der Waals surface area contributed by atoms with Gasteiger partial charge in [0.2, 0.25) is 5.91 Å². The van der Waals surface area contributed by atoms with E-state index >= 15 is 0 Å². The van der Waals surface area contributed by atoms with Gasteiger partial charge in [-0.1, -0.05) is 13.0 Å². The summed E-state index contributed by atoms with van der Waals surface area (Å²) in [7, 11) is 0. The number of amides is 1. The fourth-order valence-corrected chi connectivity index (χ4v) is 2.68. The van der Waals surface area contributed by atoms with E-state index in [1.807, 2.05) is 25.3 Å². The van der Waals surface area contributed by atoms with E-state index in [0.717, 1.165) is 11.4 Å². The van der Waals surface area contributed by atoms with Crippen LogP contribution in [0.15, 0.2) is 23.6 Å². The van der Waals surface area contributed by atoms with Gasteiger partial charge in [0.05, 0.1) is 5.69 Å². The Kier molecular flexibility index (Phi) is 4.96. The molecule has 0 bridgehead atoms. The zero-order chi connectivity index (χ0) is 15.4. The minimum atomic E-state index is -0.267. The molecule has 112 valence electrons. The number of hydrogen-bond donors (Lipinski definition) is 2. The van der Waals surface area contributed by atoms with Gasteiger partial charge >= 0.3 is 0 Å². The van der Waals surface area contributed by atoms with Gasteiger partial charge in [-0.05, 0) is 50.5 Å². The Hall–Kier alpha value is -1.88. The number of benzene rings is 1. The molecule has 2 rings (SSSR count). The topological polar surface area (TPSA) is 54.0 Å². The second kappa shape index (κ2) is 6.72. The molecule has 1 aromatic heterocycles. The summed E-state index contributed by atoms with van der Waals surface area (Å²) in [6, 6.07) is 5.87. The van der Waals surface area contributed by atoms with Crippen molar-refractivity contribution in [3.63, 3.8) is 0 Å². The molecule has 1 aromatic carbocycles. The summed E-state index contributed by atoms with van der Waals surface area (Å²) >= 11 is 1.45. The number of nitrogens with zero attached hydrogens (tertiary/aromatic N) is 1. The Labute approximate surface area is 129 Å². The van der Waals surface area contributed by atoms with E-state index in [1.54, 1.807) is 0 Å². The zero-order valence-electron chi connectivity index (χ0n) is 12.9. The van der Waals surface area contributed by atoms with Gasteiger partial charge in [0.1, 0.15) is 6.04 Å². The highest BCUT2D eigenvalue weighted by Crippen LogP contribution is 2.18. The third-order valence-electron chi connectivity index (χ3n) is 3.42. The normalized spacial score (nSPS) is 12.0. The average molecular weight is 303 g/mol. The van der Waals surface area contributed by atoms with Gasteiger partial charge in [-0.3, -0.25) is 4.79 Å². The number of aromatic nitrogens is 1. The summed E-state index contributed by atoms with van der Waals surface area (Å²) in [6.45, 7) is 8.05. The van der Waals surface area contributed by atoms with Gasteiger partial charge in [0, 0.05) is 11.1 Å². The Morgan fingerprint density at radius 3 is 2.62 bits per heavy atom. The lowest BCUT2D eigenvalue weighted by Crippen LogP contribution is -2.34.